The number of nitrogens with one attached hydrogen (secondary N) is 2. The highest BCUT2D eigenvalue weighted by Crippen LogP contribution is 2.51. The van der Waals surface area contributed by atoms with E-state index < -0.39 is 21.5 Å². The molecule has 0 bridgehead atoms. The van der Waals surface area contributed by atoms with Gasteiger partial charge in [-0.05, 0) is 75.8 Å². The maximum Gasteiger partial charge on any atom is 0.262 e. The third-order valence-corrected chi connectivity index (χ3v) is 8.95. The lowest BCUT2D eigenvalue weighted by Gasteiger charge is -2.47. The van der Waals surface area contributed by atoms with Crippen LogP contribution in [0.2, 0.25) is 0 Å². The summed E-state index contributed by atoms with van der Waals surface area (Å²) in [5, 5.41) is 14.4. The maximum absolute atomic E-state index is 14.1. The first-order valence-corrected chi connectivity index (χ1v) is 12.8. The van der Waals surface area contributed by atoms with Crippen LogP contribution in [0, 0.1) is 17.7 Å². The van der Waals surface area contributed by atoms with Crippen molar-refractivity contribution in [2.75, 3.05) is 7.05 Å². The van der Waals surface area contributed by atoms with Crippen molar-refractivity contribution in [1.82, 2.24) is 19.5 Å². The number of allylic oxidation sites excluding steroid dienone is 1. The van der Waals surface area contributed by atoms with Gasteiger partial charge in [-0.2, -0.15) is 9.40 Å². The van der Waals surface area contributed by atoms with Crippen molar-refractivity contribution < 1.29 is 13.2 Å². The molecular formula is C24H30N6O3S. The Kier molecular flexibility index (Phi) is 6.39. The number of aryl methyl sites for hydroxylation is 1. The Balaban J connectivity index is 1.82. The van der Waals surface area contributed by atoms with Gasteiger partial charge < -0.3 is 5.41 Å². The zero-order valence-electron chi connectivity index (χ0n) is 19.9. The molecule has 0 unspecified atom stereocenters. The highest BCUT2D eigenvalue weighted by molar-refractivity contribution is 8.06. The van der Waals surface area contributed by atoms with Crippen LogP contribution in [0.4, 0.5) is 0 Å². The van der Waals surface area contributed by atoms with Crippen molar-refractivity contribution in [3.05, 3.63) is 52.6 Å². The van der Waals surface area contributed by atoms with Gasteiger partial charge in [-0.15, -0.1) is 0 Å². The Hall–Kier alpha value is -2.98. The van der Waals surface area contributed by atoms with Crippen molar-refractivity contribution in [3.63, 3.8) is 0 Å². The fourth-order valence-corrected chi connectivity index (χ4v) is 7.10. The average molecular weight is 483 g/mol. The van der Waals surface area contributed by atoms with Crippen molar-refractivity contribution in [1.29, 1.82) is 5.41 Å². The number of aromatic nitrogens is 3. The molecular weight excluding hydrogens is 452 g/mol. The number of aromatic amines is 1. The van der Waals surface area contributed by atoms with E-state index in [4.69, 9.17) is 5.41 Å². The first kappa shape index (κ1) is 24.2. The number of hydrogen-bond acceptors (Lipinski definition) is 7. The van der Waals surface area contributed by atoms with E-state index in [0.717, 1.165) is 28.6 Å². The van der Waals surface area contributed by atoms with Crippen LogP contribution >= 0.6 is 0 Å². The second-order valence-corrected chi connectivity index (χ2v) is 11.1. The SMILES string of the molecule is CN=C(C=N)S(=O)(=O)N(C(C)C)[C@H]1CCC2=Cc3[nH]ncc3C[C@]2(C(=O)c2cc(C)ccn2)C1. The fraction of sp³-hybridized carbons (Fsp3) is 0.458. The van der Waals surface area contributed by atoms with Gasteiger partial charge in [0.1, 0.15) is 5.69 Å². The second-order valence-electron chi connectivity index (χ2n) is 9.32. The number of carbonyl (C=O) groups excluding carboxylic acids is 1. The molecule has 1 saturated carbocycles. The minimum absolute atomic E-state index is 0.100. The monoisotopic (exact) mass is 482 g/mol. The summed E-state index contributed by atoms with van der Waals surface area (Å²) in [6.07, 6.45) is 8.04. The summed E-state index contributed by atoms with van der Waals surface area (Å²) in [5.74, 6) is -0.100. The third-order valence-electron chi connectivity index (χ3n) is 6.85. The highest BCUT2D eigenvalue weighted by Gasteiger charge is 2.52. The molecule has 0 aromatic carbocycles. The number of nitrogens with zero attached hydrogens (tertiary/aromatic N) is 4. The normalized spacial score (nSPS) is 22.8. The lowest BCUT2D eigenvalue weighted by molar-refractivity contribution is 0.0724. The summed E-state index contributed by atoms with van der Waals surface area (Å²) in [5.41, 5.74) is 3.20. The van der Waals surface area contributed by atoms with Gasteiger partial charge in [0.25, 0.3) is 10.0 Å². The molecule has 2 aromatic rings. The molecule has 0 aliphatic heterocycles. The van der Waals surface area contributed by atoms with Gasteiger partial charge in [-0.1, -0.05) is 5.57 Å². The van der Waals surface area contributed by atoms with Crippen LogP contribution in [0.15, 0.2) is 35.1 Å². The number of pyridine rings is 1. The molecule has 2 aromatic heterocycles. The van der Waals surface area contributed by atoms with Gasteiger partial charge in [-0.3, -0.25) is 19.9 Å². The van der Waals surface area contributed by atoms with Crippen LogP contribution in [0.3, 0.4) is 0 Å². The molecule has 1 fully saturated rings. The van der Waals surface area contributed by atoms with Crippen LogP contribution < -0.4 is 0 Å². The molecule has 34 heavy (non-hydrogen) atoms. The van der Waals surface area contributed by atoms with Gasteiger partial charge in [0, 0.05) is 25.3 Å². The van der Waals surface area contributed by atoms with Crippen molar-refractivity contribution in [2.45, 2.75) is 58.5 Å². The second kappa shape index (κ2) is 8.99. The molecule has 2 aliphatic rings. The number of ketones is 1. The van der Waals surface area contributed by atoms with E-state index in [1.807, 2.05) is 32.9 Å². The van der Waals surface area contributed by atoms with Crippen LogP contribution in [0.1, 0.15) is 60.4 Å². The Labute approximate surface area is 200 Å². The quantitative estimate of drug-likeness (QED) is 0.371. The molecule has 2 heterocycles. The summed E-state index contributed by atoms with van der Waals surface area (Å²) in [4.78, 5) is 22.3. The van der Waals surface area contributed by atoms with E-state index in [9.17, 15) is 13.2 Å². The summed E-state index contributed by atoms with van der Waals surface area (Å²) in [6.45, 7) is 5.54. The van der Waals surface area contributed by atoms with Crippen LogP contribution in [-0.4, -0.2) is 64.1 Å². The first-order valence-electron chi connectivity index (χ1n) is 11.4. The maximum atomic E-state index is 14.1. The van der Waals surface area contributed by atoms with Gasteiger partial charge in [0.05, 0.1) is 23.5 Å². The zero-order chi connectivity index (χ0) is 24.7. The molecule has 2 atom stereocenters. The Bertz CT molecular complexity index is 1290. The zero-order valence-corrected chi connectivity index (χ0v) is 20.7. The standard InChI is InChI=1S/C24H30N6O3S/c1-15(2)30(34(32,33)22(13-25)26-4)19-6-5-18-10-20-17(14-28-29-20)11-24(18,12-19)23(31)21-9-16(3)7-8-27-21/h7-10,13-15,19,25H,5-6,11-12H2,1-4H3,(H,28,29)/t19-,24-/m0/s1. The Morgan fingerprint density at radius 1 is 1.41 bits per heavy atom. The molecule has 2 aliphatic carbocycles. The lowest BCUT2D eigenvalue weighted by atomic mass is 9.60. The summed E-state index contributed by atoms with van der Waals surface area (Å²) in [6, 6.07) is 2.84. The van der Waals surface area contributed by atoms with E-state index in [0.29, 0.717) is 31.4 Å². The number of carbonyl (C=O) groups is 1. The summed E-state index contributed by atoms with van der Waals surface area (Å²) < 4.78 is 28.3. The molecule has 0 amide bonds. The summed E-state index contributed by atoms with van der Waals surface area (Å²) >= 11 is 0. The first-order chi connectivity index (χ1) is 16.1. The molecule has 180 valence electrons. The van der Waals surface area contributed by atoms with Crippen LogP contribution in [0.5, 0.6) is 0 Å². The van der Waals surface area contributed by atoms with Gasteiger partial charge >= 0.3 is 0 Å². The number of hydrogen-bond donors (Lipinski definition) is 2. The number of fused-ring (bicyclic) bond motifs is 2. The molecule has 2 N–H and O–H groups in total. The van der Waals surface area contributed by atoms with E-state index in [1.165, 1.54) is 11.4 Å². The van der Waals surface area contributed by atoms with Crippen molar-refractivity contribution in [2.24, 2.45) is 10.4 Å². The largest absolute Gasteiger partial charge is 0.306 e. The van der Waals surface area contributed by atoms with Gasteiger partial charge in [0.2, 0.25) is 0 Å². The number of sulfonamides is 1. The lowest BCUT2D eigenvalue weighted by Crippen LogP contribution is -2.54. The number of H-pyrrole nitrogens is 1. The number of rotatable bonds is 6. The Morgan fingerprint density at radius 3 is 2.82 bits per heavy atom. The third kappa shape index (κ3) is 3.94. The predicted molar refractivity (Wildman–Crippen MR) is 132 cm³/mol. The van der Waals surface area contributed by atoms with Crippen molar-refractivity contribution in [3.8, 4) is 0 Å². The molecule has 10 heteroatoms. The van der Waals surface area contributed by atoms with E-state index in [-0.39, 0.29) is 16.9 Å². The van der Waals surface area contributed by atoms with E-state index in [1.54, 1.807) is 18.5 Å². The molecule has 4 rings (SSSR count). The van der Waals surface area contributed by atoms with Gasteiger partial charge in [0.15, 0.2) is 10.8 Å². The number of aliphatic imine (C=N–C) groups is 1. The summed E-state index contributed by atoms with van der Waals surface area (Å²) in [7, 11) is -2.63. The van der Waals surface area contributed by atoms with Gasteiger partial charge in [-0.25, -0.2) is 8.42 Å². The molecule has 0 radical (unpaired) electrons. The Morgan fingerprint density at radius 2 is 2.18 bits per heavy atom. The van der Waals surface area contributed by atoms with Crippen LogP contribution in [0.25, 0.3) is 6.08 Å². The fourth-order valence-electron chi connectivity index (χ4n) is 5.38. The minimum Gasteiger partial charge on any atom is -0.306 e. The van der Waals surface area contributed by atoms with E-state index >= 15 is 0 Å². The smallest absolute Gasteiger partial charge is 0.262 e. The van der Waals surface area contributed by atoms with E-state index in [2.05, 4.69) is 20.2 Å². The topological polar surface area (TPSA) is 132 Å². The molecule has 9 nitrogen and oxygen atoms in total. The van der Waals surface area contributed by atoms with Crippen molar-refractivity contribution >= 4 is 33.1 Å². The minimum atomic E-state index is -4.00. The highest BCUT2D eigenvalue weighted by atomic mass is 32.2. The van der Waals surface area contributed by atoms with Crippen LogP contribution in [-0.2, 0) is 16.4 Å². The average Bonchev–Trinajstić information content (AvgIpc) is 3.24. The number of Topliss-reactive ketones (excluding diaryl/α,β-unsaturated/α-hetero) is 1. The molecule has 0 saturated heterocycles. The molecule has 0 spiro atoms. The predicted octanol–water partition coefficient (Wildman–Crippen LogP) is 3.19.